The van der Waals surface area contributed by atoms with Crippen LogP contribution in [-0.4, -0.2) is 169 Å². The van der Waals surface area contributed by atoms with Crippen LogP contribution in [0.1, 0.15) is 0 Å². The monoisotopic (exact) mass is 756 g/mol. The number of rotatable bonds is 11. The molecule has 2 aromatic carbocycles. The summed E-state index contributed by atoms with van der Waals surface area (Å²) in [5.41, 5.74) is -3.16. The number of benzene rings is 2. The molecule has 0 amide bonds. The van der Waals surface area contributed by atoms with Gasteiger partial charge in [-0.1, -0.05) is 0 Å². The number of phenolic OH excluding ortho intramolecular Hbond substituents is 1. The van der Waals surface area contributed by atoms with E-state index in [4.69, 9.17) is 37.6 Å². The van der Waals surface area contributed by atoms with Crippen molar-refractivity contribution in [1.29, 1.82) is 0 Å². The summed E-state index contributed by atoms with van der Waals surface area (Å²) in [6.45, 7) is -3.02. The smallest absolute Gasteiger partial charge is 0.239 e. The Kier molecular flexibility index (Phi) is 11.5. The van der Waals surface area contributed by atoms with E-state index in [1.807, 2.05) is 0 Å². The molecule has 11 N–H and O–H groups in total. The van der Waals surface area contributed by atoms with E-state index in [1.54, 1.807) is 0 Å². The minimum Gasteiger partial charge on any atom is -0.507 e. The molecule has 4 heterocycles. The van der Waals surface area contributed by atoms with E-state index in [0.717, 1.165) is 6.07 Å². The van der Waals surface area contributed by atoms with E-state index in [1.165, 1.54) is 37.4 Å². The Hall–Kier alpha value is -3.71. The number of methoxy groups -OCH3 is 1. The number of aliphatic hydroxyl groups is 10. The molecule has 3 fully saturated rings. The summed E-state index contributed by atoms with van der Waals surface area (Å²) in [7, 11) is 1.31. The molecule has 0 bridgehead atoms. The molecule has 20 nitrogen and oxygen atoms in total. The largest absolute Gasteiger partial charge is 0.507 e. The molecule has 1 aromatic heterocycles. The van der Waals surface area contributed by atoms with Gasteiger partial charge in [-0.05, 0) is 24.3 Å². The Morgan fingerprint density at radius 1 is 0.792 bits per heavy atom. The molecule has 0 saturated carbocycles. The van der Waals surface area contributed by atoms with Crippen LogP contribution in [0.25, 0.3) is 22.3 Å². The van der Waals surface area contributed by atoms with Gasteiger partial charge in [0.2, 0.25) is 23.8 Å². The molecule has 3 aliphatic rings. The van der Waals surface area contributed by atoms with Crippen molar-refractivity contribution >= 4 is 11.0 Å². The topological polar surface area (TPSA) is 317 Å². The van der Waals surface area contributed by atoms with Crippen molar-refractivity contribution in [3.8, 4) is 34.3 Å². The average Bonchev–Trinajstić information content (AvgIpc) is 3.44. The first-order valence-electron chi connectivity index (χ1n) is 16.3. The van der Waals surface area contributed by atoms with Gasteiger partial charge in [-0.3, -0.25) is 4.79 Å². The van der Waals surface area contributed by atoms with Gasteiger partial charge in [0.25, 0.3) is 0 Å². The average molecular weight is 757 g/mol. The predicted molar refractivity (Wildman–Crippen MR) is 172 cm³/mol. The summed E-state index contributed by atoms with van der Waals surface area (Å²) >= 11 is 0. The van der Waals surface area contributed by atoms with E-state index in [-0.39, 0.29) is 33.8 Å². The van der Waals surface area contributed by atoms with Gasteiger partial charge in [0, 0.05) is 17.7 Å². The molecular formula is C33H40O20. The zero-order valence-electron chi connectivity index (χ0n) is 27.8. The van der Waals surface area contributed by atoms with Gasteiger partial charge in [-0.25, -0.2) is 0 Å². The van der Waals surface area contributed by atoms with Crippen LogP contribution in [0.4, 0.5) is 0 Å². The first-order chi connectivity index (χ1) is 25.2. The fourth-order valence-corrected chi connectivity index (χ4v) is 6.13. The number of ether oxygens (including phenoxy) is 7. The molecule has 3 saturated heterocycles. The van der Waals surface area contributed by atoms with Crippen molar-refractivity contribution in [3.05, 3.63) is 46.6 Å². The second-order valence-corrected chi connectivity index (χ2v) is 12.8. The first-order valence-corrected chi connectivity index (χ1v) is 16.3. The van der Waals surface area contributed by atoms with Crippen molar-refractivity contribution < 1.29 is 93.7 Å². The molecule has 0 spiro atoms. The lowest BCUT2D eigenvalue weighted by atomic mass is 9.98. The number of aromatic hydroxyl groups is 1. The maximum absolute atomic E-state index is 14.1. The molecule has 20 heteroatoms. The van der Waals surface area contributed by atoms with Crippen molar-refractivity contribution in [1.82, 2.24) is 0 Å². The van der Waals surface area contributed by atoms with Crippen LogP contribution in [0.2, 0.25) is 0 Å². The predicted octanol–water partition coefficient (Wildman–Crippen LogP) is -4.00. The zero-order chi connectivity index (χ0) is 38.4. The summed E-state index contributed by atoms with van der Waals surface area (Å²) in [6.07, 6.45) is -20.2. The summed E-state index contributed by atoms with van der Waals surface area (Å²) in [4.78, 5) is 14.1. The van der Waals surface area contributed by atoms with Gasteiger partial charge in [0.15, 0.2) is 18.2 Å². The lowest BCUT2D eigenvalue weighted by Gasteiger charge is -2.42. The lowest BCUT2D eigenvalue weighted by Crippen LogP contribution is -2.62. The standard InChI is InChI=1S/C33H40O20/c1-46-14-6-15(37)19-16(7-14)49-26(12-2-4-13(5-3-12)48-30-25(43)23(41)20(38)17(8-34)50-30)27(22(19)40)52-31-28(24(42)21(39)18(9-35)51-31)53-32-29(44)33(45,10-36)11-47-32/h2-7,17-18,20-21,23-25,28-32,34-39,41-45H,8-11H2,1H3/t17-,18-,20+,21+,23+,24+,25-,28+,29-,30-,31+,32+,33-/m1/s1. The zero-order valence-corrected chi connectivity index (χ0v) is 27.8. The normalized spacial score (nSPS) is 36.1. The van der Waals surface area contributed by atoms with Crippen molar-refractivity contribution in [2.75, 3.05) is 33.5 Å². The summed E-state index contributed by atoms with van der Waals surface area (Å²) in [5.74, 6) is -1.34. The van der Waals surface area contributed by atoms with Crippen LogP contribution in [0.5, 0.6) is 23.0 Å². The van der Waals surface area contributed by atoms with Crippen molar-refractivity contribution in [2.24, 2.45) is 0 Å². The summed E-state index contributed by atoms with van der Waals surface area (Å²) in [6, 6.07) is 7.89. The fraction of sp³-hybridized carbons (Fsp3) is 0.545. The number of hydrogen-bond acceptors (Lipinski definition) is 20. The highest BCUT2D eigenvalue weighted by Crippen LogP contribution is 2.39. The van der Waals surface area contributed by atoms with Gasteiger partial charge >= 0.3 is 0 Å². The van der Waals surface area contributed by atoms with Gasteiger partial charge in [-0.2, -0.15) is 0 Å². The van der Waals surface area contributed by atoms with E-state index in [2.05, 4.69) is 0 Å². The molecule has 3 aromatic rings. The number of fused-ring (bicyclic) bond motifs is 1. The van der Waals surface area contributed by atoms with E-state index >= 15 is 0 Å². The molecular weight excluding hydrogens is 716 g/mol. The Labute approximate surface area is 298 Å². The van der Waals surface area contributed by atoms with E-state index in [0.29, 0.717) is 0 Å². The molecule has 6 rings (SSSR count). The third kappa shape index (κ3) is 7.27. The van der Waals surface area contributed by atoms with E-state index < -0.39 is 123 Å². The second-order valence-electron chi connectivity index (χ2n) is 12.8. The van der Waals surface area contributed by atoms with Crippen molar-refractivity contribution in [3.63, 3.8) is 0 Å². The maximum atomic E-state index is 14.1. The Balaban J connectivity index is 1.38. The minimum atomic E-state index is -2.14. The molecule has 0 aliphatic carbocycles. The summed E-state index contributed by atoms with van der Waals surface area (Å²) in [5, 5.41) is 113. The molecule has 3 aliphatic heterocycles. The Bertz CT molecular complexity index is 1780. The van der Waals surface area contributed by atoms with Gasteiger partial charge in [0.1, 0.15) is 82.7 Å². The van der Waals surface area contributed by atoms with Crippen LogP contribution in [0.15, 0.2) is 45.6 Å². The molecule has 0 unspecified atom stereocenters. The second kappa shape index (κ2) is 15.6. The van der Waals surface area contributed by atoms with Gasteiger partial charge in [0.05, 0.1) is 33.5 Å². The van der Waals surface area contributed by atoms with Crippen LogP contribution in [-0.2, 0) is 18.9 Å². The lowest BCUT2D eigenvalue weighted by molar-refractivity contribution is -0.319. The third-order valence-electron chi connectivity index (χ3n) is 9.29. The highest BCUT2D eigenvalue weighted by Gasteiger charge is 2.54. The summed E-state index contributed by atoms with van der Waals surface area (Å²) < 4.78 is 45.0. The highest BCUT2D eigenvalue weighted by molar-refractivity contribution is 5.88. The molecule has 292 valence electrons. The van der Waals surface area contributed by atoms with Gasteiger partial charge < -0.3 is 93.7 Å². The Morgan fingerprint density at radius 2 is 1.43 bits per heavy atom. The minimum absolute atomic E-state index is 0.0490. The number of aliphatic hydroxyl groups excluding tert-OH is 9. The third-order valence-corrected chi connectivity index (χ3v) is 9.29. The van der Waals surface area contributed by atoms with Crippen LogP contribution >= 0.6 is 0 Å². The van der Waals surface area contributed by atoms with Gasteiger partial charge in [-0.15, -0.1) is 0 Å². The number of phenols is 1. The SMILES string of the molecule is COc1cc(O)c2c(=O)c(O[C@@H]3O[C@H](CO)[C@H](O)[C@H](O)[C@@H]3O[C@@H]3OC[C@](O)(CO)[C@@H]3O)c(-c3ccc(O[C@@H]4O[C@H](CO)[C@H](O)[C@H](O)[C@H]4O)cc3)oc2c1. The molecule has 53 heavy (non-hydrogen) atoms. The Morgan fingerprint density at radius 3 is 2.04 bits per heavy atom. The molecule has 13 atom stereocenters. The highest BCUT2D eigenvalue weighted by atomic mass is 16.8. The van der Waals surface area contributed by atoms with Crippen LogP contribution in [0, 0.1) is 0 Å². The number of hydrogen-bond donors (Lipinski definition) is 11. The fourth-order valence-electron chi connectivity index (χ4n) is 6.13. The molecule has 0 radical (unpaired) electrons. The quantitative estimate of drug-likeness (QED) is 0.0888. The first kappa shape index (κ1) is 39.0. The van der Waals surface area contributed by atoms with Crippen LogP contribution in [0.3, 0.4) is 0 Å². The van der Waals surface area contributed by atoms with Crippen molar-refractivity contribution in [2.45, 2.75) is 79.4 Å². The van der Waals surface area contributed by atoms with Crippen LogP contribution < -0.4 is 19.6 Å². The maximum Gasteiger partial charge on any atom is 0.239 e. The van der Waals surface area contributed by atoms with E-state index in [9.17, 15) is 61.0 Å².